The van der Waals surface area contributed by atoms with Crippen molar-refractivity contribution in [3.63, 3.8) is 0 Å². The van der Waals surface area contributed by atoms with E-state index >= 15 is 0 Å². The minimum absolute atomic E-state index is 0.0662. The maximum Gasteiger partial charge on any atom is 0.306 e. The van der Waals surface area contributed by atoms with Crippen molar-refractivity contribution in [2.24, 2.45) is 0 Å². The molecule has 0 saturated heterocycles. The third kappa shape index (κ3) is 49.2. The Morgan fingerprint density at radius 1 is 0.306 bits per heavy atom. The van der Waals surface area contributed by atoms with Crippen LogP contribution in [0, 0.1) is 0 Å². The Hall–Kier alpha value is -1.85. The SMILES string of the molecule is CCCCCCCCCC/C=C\CCCCCCCCCC(=O)OCC(COC(=O)CCCCCCCCCCC)OC(=O)CCCCCCCCCCCCCCCCCC. The highest BCUT2D eigenvalue weighted by Gasteiger charge is 2.19. The molecule has 0 bridgehead atoms. The summed E-state index contributed by atoms with van der Waals surface area (Å²) in [5.74, 6) is -0.853. The molecular formula is C56H106O6. The minimum atomic E-state index is -0.764. The first kappa shape index (κ1) is 60.2. The monoisotopic (exact) mass is 875 g/mol. The highest BCUT2D eigenvalue weighted by Crippen LogP contribution is 2.17. The van der Waals surface area contributed by atoms with E-state index in [4.69, 9.17) is 14.2 Å². The molecule has 1 unspecified atom stereocenters. The Morgan fingerprint density at radius 3 is 0.806 bits per heavy atom. The van der Waals surface area contributed by atoms with Crippen molar-refractivity contribution < 1.29 is 28.6 Å². The fourth-order valence-electron chi connectivity index (χ4n) is 8.32. The van der Waals surface area contributed by atoms with Crippen LogP contribution in [-0.2, 0) is 28.6 Å². The molecule has 0 heterocycles. The molecule has 0 radical (unpaired) electrons. The minimum Gasteiger partial charge on any atom is -0.462 e. The van der Waals surface area contributed by atoms with Gasteiger partial charge in [0.05, 0.1) is 0 Å². The molecule has 0 fully saturated rings. The average molecular weight is 875 g/mol. The first-order valence-corrected chi connectivity index (χ1v) is 27.7. The number of rotatable bonds is 51. The van der Waals surface area contributed by atoms with Crippen molar-refractivity contribution in [1.82, 2.24) is 0 Å². The molecule has 0 aliphatic heterocycles. The molecule has 366 valence electrons. The summed E-state index contributed by atoms with van der Waals surface area (Å²) in [6.07, 6.45) is 57.8. The van der Waals surface area contributed by atoms with E-state index in [1.165, 1.54) is 212 Å². The van der Waals surface area contributed by atoms with Crippen molar-refractivity contribution in [1.29, 1.82) is 0 Å². The largest absolute Gasteiger partial charge is 0.462 e. The number of carbonyl (C=O) groups excluding carboxylic acids is 3. The molecule has 0 aromatic carbocycles. The lowest BCUT2D eigenvalue weighted by Gasteiger charge is -2.18. The highest BCUT2D eigenvalue weighted by molar-refractivity contribution is 5.71. The van der Waals surface area contributed by atoms with Gasteiger partial charge in [0.1, 0.15) is 13.2 Å². The number of hydrogen-bond acceptors (Lipinski definition) is 6. The number of allylic oxidation sites excluding steroid dienone is 2. The molecule has 0 rings (SSSR count). The Bertz CT molecular complexity index is 962. The standard InChI is InChI=1S/C56H106O6/c1-4-7-10-13-16-19-21-23-25-27-28-29-31-32-34-37-40-43-46-49-55(58)61-52-53(51-60-54(57)48-45-42-39-36-18-15-12-9-6-3)62-56(59)50-47-44-41-38-35-33-30-26-24-22-20-17-14-11-8-5-2/h27-28,53H,4-26,29-52H2,1-3H3/b28-27-. The van der Waals surface area contributed by atoms with Crippen molar-refractivity contribution in [3.05, 3.63) is 12.2 Å². The van der Waals surface area contributed by atoms with E-state index in [1.54, 1.807) is 0 Å². The van der Waals surface area contributed by atoms with Crippen LogP contribution in [0.3, 0.4) is 0 Å². The molecule has 6 nitrogen and oxygen atoms in total. The summed E-state index contributed by atoms with van der Waals surface area (Å²) in [6.45, 7) is 6.66. The molecule has 62 heavy (non-hydrogen) atoms. The quantitative estimate of drug-likeness (QED) is 0.0262. The van der Waals surface area contributed by atoms with E-state index in [9.17, 15) is 14.4 Å². The lowest BCUT2D eigenvalue weighted by atomic mass is 10.0. The summed E-state index contributed by atoms with van der Waals surface area (Å²) >= 11 is 0. The Balaban J connectivity index is 4.24. The van der Waals surface area contributed by atoms with E-state index < -0.39 is 6.10 Å². The van der Waals surface area contributed by atoms with Crippen LogP contribution in [0.25, 0.3) is 0 Å². The van der Waals surface area contributed by atoms with E-state index in [0.29, 0.717) is 19.3 Å². The first-order chi connectivity index (χ1) is 30.5. The maximum atomic E-state index is 12.8. The molecule has 6 heteroatoms. The van der Waals surface area contributed by atoms with Crippen LogP contribution in [-0.4, -0.2) is 37.2 Å². The van der Waals surface area contributed by atoms with Crippen molar-refractivity contribution in [3.8, 4) is 0 Å². The number of esters is 3. The predicted molar refractivity (Wildman–Crippen MR) is 266 cm³/mol. The van der Waals surface area contributed by atoms with E-state index in [0.717, 1.165) is 57.8 Å². The van der Waals surface area contributed by atoms with Gasteiger partial charge in [0, 0.05) is 19.3 Å². The molecular weight excluding hydrogens is 769 g/mol. The van der Waals surface area contributed by atoms with Gasteiger partial charge in [-0.05, 0) is 44.9 Å². The van der Waals surface area contributed by atoms with Crippen LogP contribution >= 0.6 is 0 Å². The molecule has 0 amide bonds. The zero-order chi connectivity index (χ0) is 45.1. The second kappa shape index (κ2) is 51.8. The van der Waals surface area contributed by atoms with Crippen LogP contribution in [0.15, 0.2) is 12.2 Å². The van der Waals surface area contributed by atoms with Crippen molar-refractivity contribution in [2.45, 2.75) is 316 Å². The Kier molecular flexibility index (Phi) is 50.2. The first-order valence-electron chi connectivity index (χ1n) is 27.7. The van der Waals surface area contributed by atoms with Crippen molar-refractivity contribution in [2.75, 3.05) is 13.2 Å². The van der Waals surface area contributed by atoms with E-state index in [-0.39, 0.29) is 31.1 Å². The topological polar surface area (TPSA) is 78.9 Å². The smallest absolute Gasteiger partial charge is 0.306 e. The van der Waals surface area contributed by atoms with Crippen LogP contribution in [0.4, 0.5) is 0 Å². The van der Waals surface area contributed by atoms with Crippen LogP contribution < -0.4 is 0 Å². The summed E-state index contributed by atoms with van der Waals surface area (Å²) in [5.41, 5.74) is 0. The van der Waals surface area contributed by atoms with Crippen LogP contribution in [0.2, 0.25) is 0 Å². The number of unbranched alkanes of at least 4 members (excludes halogenated alkanes) is 38. The molecule has 0 aromatic rings. The van der Waals surface area contributed by atoms with Gasteiger partial charge in [-0.15, -0.1) is 0 Å². The number of ether oxygens (including phenoxy) is 3. The van der Waals surface area contributed by atoms with Gasteiger partial charge in [-0.3, -0.25) is 14.4 Å². The zero-order valence-electron chi connectivity index (χ0n) is 41.9. The normalized spacial score (nSPS) is 12.0. The van der Waals surface area contributed by atoms with Gasteiger partial charge in [0.25, 0.3) is 0 Å². The molecule has 0 N–H and O–H groups in total. The molecule has 0 saturated carbocycles. The van der Waals surface area contributed by atoms with Gasteiger partial charge >= 0.3 is 17.9 Å². The predicted octanol–water partition coefficient (Wildman–Crippen LogP) is 18.2. The summed E-state index contributed by atoms with van der Waals surface area (Å²) in [7, 11) is 0. The Labute approximate surface area is 386 Å². The van der Waals surface area contributed by atoms with Gasteiger partial charge in [-0.25, -0.2) is 0 Å². The fourth-order valence-corrected chi connectivity index (χ4v) is 8.32. The highest BCUT2D eigenvalue weighted by atomic mass is 16.6. The van der Waals surface area contributed by atoms with Gasteiger partial charge in [0.15, 0.2) is 6.10 Å². The van der Waals surface area contributed by atoms with Crippen LogP contribution in [0.1, 0.15) is 310 Å². The molecule has 1 atom stereocenters. The summed E-state index contributed by atoms with van der Waals surface area (Å²) < 4.78 is 16.8. The number of carbonyl (C=O) groups is 3. The van der Waals surface area contributed by atoms with E-state index in [1.807, 2.05) is 0 Å². The average Bonchev–Trinajstić information content (AvgIpc) is 3.27. The second-order valence-electron chi connectivity index (χ2n) is 18.9. The van der Waals surface area contributed by atoms with Gasteiger partial charge in [0.2, 0.25) is 0 Å². The maximum absolute atomic E-state index is 12.8. The summed E-state index contributed by atoms with van der Waals surface area (Å²) in [6, 6.07) is 0. The van der Waals surface area contributed by atoms with Crippen LogP contribution in [0.5, 0.6) is 0 Å². The molecule has 0 spiro atoms. The fraction of sp³-hybridized carbons (Fsp3) is 0.911. The summed E-state index contributed by atoms with van der Waals surface area (Å²) in [5, 5.41) is 0. The van der Waals surface area contributed by atoms with E-state index in [2.05, 4.69) is 32.9 Å². The molecule has 0 aliphatic rings. The Morgan fingerprint density at radius 2 is 0.532 bits per heavy atom. The zero-order valence-corrected chi connectivity index (χ0v) is 41.9. The van der Waals surface area contributed by atoms with Crippen molar-refractivity contribution >= 4 is 17.9 Å². The molecule has 0 aliphatic carbocycles. The lowest BCUT2D eigenvalue weighted by molar-refractivity contribution is -0.167. The second-order valence-corrected chi connectivity index (χ2v) is 18.9. The van der Waals surface area contributed by atoms with Gasteiger partial charge in [-0.2, -0.15) is 0 Å². The third-order valence-corrected chi connectivity index (χ3v) is 12.5. The van der Waals surface area contributed by atoms with Gasteiger partial charge in [-0.1, -0.05) is 258 Å². The molecule has 0 aromatic heterocycles. The lowest BCUT2D eigenvalue weighted by Crippen LogP contribution is -2.30. The van der Waals surface area contributed by atoms with Gasteiger partial charge < -0.3 is 14.2 Å². The number of hydrogen-bond donors (Lipinski definition) is 0. The third-order valence-electron chi connectivity index (χ3n) is 12.5. The summed E-state index contributed by atoms with van der Waals surface area (Å²) in [4.78, 5) is 38.0.